The lowest BCUT2D eigenvalue weighted by molar-refractivity contribution is -0.00242. The number of aliphatic hydroxyl groups excluding tert-OH is 2. The number of aliphatic hydroxyl groups is 2. The summed E-state index contributed by atoms with van der Waals surface area (Å²) in [6.07, 6.45) is 0.0183. The highest BCUT2D eigenvalue weighted by Crippen LogP contribution is 2.12. The van der Waals surface area contributed by atoms with E-state index in [9.17, 15) is 29.4 Å². The third-order valence-electron chi connectivity index (χ3n) is 4.90. The molecule has 0 heterocycles. The molecule has 0 aliphatic heterocycles. The molecule has 3 amide bonds. The van der Waals surface area contributed by atoms with Gasteiger partial charge in [-0.05, 0) is 48.8 Å². The Kier molecular flexibility index (Phi) is 10.0. The van der Waals surface area contributed by atoms with Crippen LogP contribution in [0.1, 0.15) is 47.9 Å². The zero-order chi connectivity index (χ0) is 24.4. The van der Waals surface area contributed by atoms with Crippen LogP contribution in [0.15, 0.2) is 48.5 Å². The molecule has 0 saturated carbocycles. The number of primary amides is 1. The van der Waals surface area contributed by atoms with E-state index in [0.29, 0.717) is 24.0 Å². The summed E-state index contributed by atoms with van der Waals surface area (Å²) in [6.45, 7) is -0.325. The molecule has 3 atom stereocenters. The smallest absolute Gasteiger partial charge is 0.251 e. The first-order chi connectivity index (χ1) is 15.8. The first-order valence-corrected chi connectivity index (χ1v) is 11.6. The minimum atomic E-state index is -1.39. The average Bonchev–Trinajstić information content (AvgIpc) is 2.84. The Hall–Kier alpha value is -3.21. The summed E-state index contributed by atoms with van der Waals surface area (Å²) in [6, 6.07) is 11.5. The molecule has 176 valence electrons. The van der Waals surface area contributed by atoms with Crippen LogP contribution in [0.2, 0.25) is 0 Å². The molecule has 2 aromatic carbocycles. The molecular formula is C23H27N3O6S. The van der Waals surface area contributed by atoms with Crippen molar-refractivity contribution in [3.05, 3.63) is 70.8 Å². The molecule has 0 fully saturated rings. The topological polar surface area (TPSA) is 159 Å². The maximum absolute atomic E-state index is 12.5. The highest BCUT2D eigenvalue weighted by Gasteiger charge is 2.28. The quantitative estimate of drug-likeness (QED) is 0.282. The van der Waals surface area contributed by atoms with Gasteiger partial charge in [-0.1, -0.05) is 18.2 Å². The molecule has 33 heavy (non-hydrogen) atoms. The Morgan fingerprint density at radius 1 is 1.03 bits per heavy atom. The number of carbonyl (C=O) groups excluding carboxylic acids is 4. The van der Waals surface area contributed by atoms with Gasteiger partial charge in [-0.15, -0.1) is 0 Å². The lowest BCUT2D eigenvalue weighted by atomic mass is 10.0. The Bertz CT molecular complexity index is 985. The van der Waals surface area contributed by atoms with Crippen LogP contribution < -0.4 is 16.4 Å². The summed E-state index contributed by atoms with van der Waals surface area (Å²) in [5.41, 5.74) is 5.74. The van der Waals surface area contributed by atoms with Crippen LogP contribution in [-0.2, 0) is 0 Å². The van der Waals surface area contributed by atoms with Crippen molar-refractivity contribution < 1.29 is 29.4 Å². The van der Waals surface area contributed by atoms with Crippen molar-refractivity contribution in [1.82, 2.24) is 10.6 Å². The molecular weight excluding hydrogens is 446 g/mol. The Balaban J connectivity index is 2.05. The number of hydrogen-bond acceptors (Lipinski definition) is 7. The van der Waals surface area contributed by atoms with Crippen molar-refractivity contribution in [3.8, 4) is 0 Å². The molecule has 3 unspecified atom stereocenters. The third kappa shape index (κ3) is 7.70. The molecule has 0 aliphatic carbocycles. The van der Waals surface area contributed by atoms with E-state index in [1.807, 2.05) is 6.26 Å². The van der Waals surface area contributed by atoms with Crippen LogP contribution in [0.25, 0.3) is 0 Å². The van der Waals surface area contributed by atoms with E-state index in [-0.39, 0.29) is 29.1 Å². The van der Waals surface area contributed by atoms with Gasteiger partial charge in [0.2, 0.25) is 5.91 Å². The van der Waals surface area contributed by atoms with Crippen LogP contribution in [0, 0.1) is 0 Å². The third-order valence-corrected chi connectivity index (χ3v) is 5.55. The molecule has 6 N–H and O–H groups in total. The Labute approximate surface area is 195 Å². The van der Waals surface area contributed by atoms with Crippen LogP contribution in [0.4, 0.5) is 0 Å². The van der Waals surface area contributed by atoms with Gasteiger partial charge >= 0.3 is 0 Å². The second kappa shape index (κ2) is 12.7. The van der Waals surface area contributed by atoms with Gasteiger partial charge in [-0.3, -0.25) is 19.2 Å². The van der Waals surface area contributed by atoms with Crippen LogP contribution in [0.5, 0.6) is 0 Å². The molecule has 0 aromatic heterocycles. The molecule has 2 rings (SSSR count). The van der Waals surface area contributed by atoms with Gasteiger partial charge in [0.1, 0.15) is 12.4 Å². The van der Waals surface area contributed by atoms with Gasteiger partial charge < -0.3 is 26.6 Å². The number of amides is 3. The first kappa shape index (κ1) is 26.0. The summed E-state index contributed by atoms with van der Waals surface area (Å²) in [5, 5.41) is 26.3. The van der Waals surface area contributed by atoms with Crippen molar-refractivity contribution >= 4 is 35.8 Å². The van der Waals surface area contributed by atoms with E-state index >= 15 is 0 Å². The molecule has 0 spiro atoms. The van der Waals surface area contributed by atoms with E-state index in [1.54, 1.807) is 30.3 Å². The SMILES string of the molecule is CSCCC(NC(=O)c1ccccc1)C(O)C(O)CNC(=O)c1cc(C=O)cc(C(N)=O)c1. The van der Waals surface area contributed by atoms with E-state index in [1.165, 1.54) is 30.0 Å². The van der Waals surface area contributed by atoms with Crippen molar-refractivity contribution in [2.24, 2.45) is 5.73 Å². The maximum atomic E-state index is 12.5. The van der Waals surface area contributed by atoms with Crippen molar-refractivity contribution in [1.29, 1.82) is 0 Å². The van der Waals surface area contributed by atoms with Crippen LogP contribution in [0.3, 0.4) is 0 Å². The fraction of sp³-hybridized carbons (Fsp3) is 0.304. The molecule has 0 radical (unpaired) electrons. The van der Waals surface area contributed by atoms with E-state index in [4.69, 9.17) is 5.73 Å². The standard InChI is InChI=1S/C23H27N3O6S/c1-33-8-7-18(26-23(32)15-5-3-2-4-6-15)20(29)19(28)12-25-22(31)17-10-14(13-27)9-16(11-17)21(24)30/h2-6,9-11,13,18-20,28-29H,7-8,12H2,1H3,(H2,24,30)(H,25,31)(H,26,32). The van der Waals surface area contributed by atoms with Crippen LogP contribution >= 0.6 is 11.8 Å². The monoisotopic (exact) mass is 473 g/mol. The highest BCUT2D eigenvalue weighted by atomic mass is 32.2. The summed E-state index contributed by atoms with van der Waals surface area (Å²) >= 11 is 1.52. The lowest BCUT2D eigenvalue weighted by Gasteiger charge is -2.28. The molecule has 0 aliphatic rings. The minimum Gasteiger partial charge on any atom is -0.388 e. The summed E-state index contributed by atoms with van der Waals surface area (Å²) in [4.78, 5) is 47.5. The number of carbonyl (C=O) groups is 4. The largest absolute Gasteiger partial charge is 0.388 e. The summed E-state index contributed by atoms with van der Waals surface area (Å²) in [5.74, 6) is -1.22. The zero-order valence-electron chi connectivity index (χ0n) is 18.1. The summed E-state index contributed by atoms with van der Waals surface area (Å²) in [7, 11) is 0. The molecule has 10 heteroatoms. The number of nitrogens with two attached hydrogens (primary N) is 1. The number of rotatable bonds is 12. The van der Waals surface area contributed by atoms with Crippen molar-refractivity contribution in [2.75, 3.05) is 18.6 Å². The van der Waals surface area contributed by atoms with Gasteiger partial charge in [0, 0.05) is 28.8 Å². The average molecular weight is 474 g/mol. The number of benzene rings is 2. The number of aldehydes is 1. The van der Waals surface area contributed by atoms with E-state index < -0.39 is 30.1 Å². The normalized spacial score (nSPS) is 13.4. The Morgan fingerprint density at radius 2 is 1.70 bits per heavy atom. The second-order valence-electron chi connectivity index (χ2n) is 7.32. The van der Waals surface area contributed by atoms with Gasteiger partial charge in [-0.2, -0.15) is 11.8 Å². The maximum Gasteiger partial charge on any atom is 0.251 e. The molecule has 2 aromatic rings. The minimum absolute atomic E-state index is 0.00593. The number of thioether (sulfide) groups is 1. The first-order valence-electron chi connectivity index (χ1n) is 10.2. The highest BCUT2D eigenvalue weighted by molar-refractivity contribution is 7.98. The zero-order valence-corrected chi connectivity index (χ0v) is 18.9. The predicted octanol–water partition coefficient (Wildman–Crippen LogP) is 0.601. The van der Waals surface area contributed by atoms with E-state index in [2.05, 4.69) is 10.6 Å². The fourth-order valence-electron chi connectivity index (χ4n) is 3.10. The number of nitrogens with one attached hydrogen (secondary N) is 2. The Morgan fingerprint density at radius 3 is 2.30 bits per heavy atom. The van der Waals surface area contributed by atoms with Gasteiger partial charge in [0.25, 0.3) is 11.8 Å². The fourth-order valence-corrected chi connectivity index (χ4v) is 3.59. The molecule has 0 bridgehead atoms. The predicted molar refractivity (Wildman–Crippen MR) is 125 cm³/mol. The van der Waals surface area contributed by atoms with Crippen LogP contribution in [-0.4, -0.2) is 71.0 Å². The second-order valence-corrected chi connectivity index (χ2v) is 8.31. The number of hydrogen-bond donors (Lipinski definition) is 5. The van der Waals surface area contributed by atoms with E-state index in [0.717, 1.165) is 0 Å². The van der Waals surface area contributed by atoms with Crippen molar-refractivity contribution in [2.45, 2.75) is 24.7 Å². The van der Waals surface area contributed by atoms with Gasteiger partial charge in [-0.25, -0.2) is 0 Å². The van der Waals surface area contributed by atoms with Crippen molar-refractivity contribution in [3.63, 3.8) is 0 Å². The lowest BCUT2D eigenvalue weighted by Crippen LogP contribution is -2.51. The summed E-state index contributed by atoms with van der Waals surface area (Å²) < 4.78 is 0. The molecule has 0 saturated heterocycles. The molecule has 9 nitrogen and oxygen atoms in total. The van der Waals surface area contributed by atoms with Gasteiger partial charge in [0.05, 0.1) is 12.1 Å². The van der Waals surface area contributed by atoms with Gasteiger partial charge in [0.15, 0.2) is 0 Å².